The highest BCUT2D eigenvalue weighted by Gasteiger charge is 2.23. The monoisotopic (exact) mass is 414 g/mol. The molecule has 156 valence electrons. The van der Waals surface area contributed by atoms with Crippen molar-refractivity contribution in [3.63, 3.8) is 0 Å². The zero-order valence-corrected chi connectivity index (χ0v) is 16.8. The summed E-state index contributed by atoms with van der Waals surface area (Å²) >= 11 is 0. The number of rotatable bonds is 8. The van der Waals surface area contributed by atoms with Crippen molar-refractivity contribution in [3.8, 4) is 0 Å². The quantitative estimate of drug-likeness (QED) is 0.304. The number of hydrogen-bond acceptors (Lipinski definition) is 6. The molecule has 0 spiro atoms. The average Bonchev–Trinajstić information content (AvgIpc) is 3.39. The number of hydrogen-bond donors (Lipinski definition) is 3. The van der Waals surface area contributed by atoms with E-state index >= 15 is 0 Å². The van der Waals surface area contributed by atoms with E-state index in [0.29, 0.717) is 19.0 Å². The van der Waals surface area contributed by atoms with Crippen molar-refractivity contribution in [2.45, 2.75) is 31.8 Å². The van der Waals surface area contributed by atoms with Gasteiger partial charge in [-0.1, -0.05) is 12.1 Å². The van der Waals surface area contributed by atoms with E-state index < -0.39 is 5.91 Å². The molecule has 1 aliphatic rings. The number of nitrogens with zero attached hydrogens (tertiary/aromatic N) is 5. The Morgan fingerprint density at radius 1 is 1.13 bits per heavy atom. The molecule has 9 heteroatoms. The maximum absolute atomic E-state index is 12.4. The molecule has 1 saturated carbocycles. The normalized spacial score (nSPS) is 14.1. The van der Waals surface area contributed by atoms with E-state index in [4.69, 9.17) is 5.53 Å². The topological polar surface area (TPSA) is 112 Å². The van der Waals surface area contributed by atoms with Crippen molar-refractivity contribution in [3.05, 3.63) is 84.0 Å². The highest BCUT2D eigenvalue weighted by atomic mass is 16.2. The summed E-state index contributed by atoms with van der Waals surface area (Å²) in [5, 5.41) is 9.17. The second-order valence-electron chi connectivity index (χ2n) is 7.67. The SMILES string of the molecule is N=N/C(=C\NCc1cn2cc(C3CC3)ccc2n1)C(=O)NCc1ccc2nccn2c1. The van der Waals surface area contributed by atoms with Crippen LogP contribution in [0, 0.1) is 5.53 Å². The van der Waals surface area contributed by atoms with Crippen LogP contribution in [0.15, 0.2) is 72.3 Å². The van der Waals surface area contributed by atoms with Gasteiger partial charge in [0.15, 0.2) is 5.70 Å². The molecule has 1 fully saturated rings. The van der Waals surface area contributed by atoms with Crippen LogP contribution >= 0.6 is 0 Å². The number of fused-ring (bicyclic) bond motifs is 2. The second-order valence-corrected chi connectivity index (χ2v) is 7.67. The van der Waals surface area contributed by atoms with Gasteiger partial charge >= 0.3 is 0 Å². The fourth-order valence-corrected chi connectivity index (χ4v) is 3.55. The van der Waals surface area contributed by atoms with Crippen LogP contribution in [0.1, 0.15) is 35.6 Å². The van der Waals surface area contributed by atoms with Crippen molar-refractivity contribution in [2.24, 2.45) is 5.11 Å². The van der Waals surface area contributed by atoms with E-state index in [0.717, 1.165) is 22.6 Å². The lowest BCUT2D eigenvalue weighted by Gasteiger charge is -2.06. The van der Waals surface area contributed by atoms with E-state index in [9.17, 15) is 4.79 Å². The lowest BCUT2D eigenvalue weighted by atomic mass is 10.2. The number of pyridine rings is 2. The summed E-state index contributed by atoms with van der Waals surface area (Å²) in [4.78, 5) is 21.2. The number of carbonyl (C=O) groups excluding carboxylic acids is 1. The zero-order chi connectivity index (χ0) is 21.2. The van der Waals surface area contributed by atoms with Crippen LogP contribution < -0.4 is 10.6 Å². The molecule has 4 aromatic rings. The van der Waals surface area contributed by atoms with Crippen LogP contribution in [0.3, 0.4) is 0 Å². The number of aromatic nitrogens is 4. The Labute approximate surface area is 178 Å². The van der Waals surface area contributed by atoms with Crippen LogP contribution in [0.25, 0.3) is 11.3 Å². The third-order valence-electron chi connectivity index (χ3n) is 5.35. The fraction of sp³-hybridized carbons (Fsp3) is 0.227. The van der Waals surface area contributed by atoms with Gasteiger partial charge in [0, 0.05) is 43.7 Å². The van der Waals surface area contributed by atoms with Crippen molar-refractivity contribution >= 4 is 17.2 Å². The highest BCUT2D eigenvalue weighted by Crippen LogP contribution is 2.39. The van der Waals surface area contributed by atoms with Gasteiger partial charge in [-0.05, 0) is 42.0 Å². The Morgan fingerprint density at radius 2 is 2.00 bits per heavy atom. The summed E-state index contributed by atoms with van der Waals surface area (Å²) in [6, 6.07) is 7.96. The summed E-state index contributed by atoms with van der Waals surface area (Å²) in [6.07, 6.45) is 13.6. The first kappa shape index (κ1) is 19.0. The molecule has 0 radical (unpaired) electrons. The Balaban J connectivity index is 1.19. The zero-order valence-electron chi connectivity index (χ0n) is 16.8. The first-order valence-corrected chi connectivity index (χ1v) is 10.2. The summed E-state index contributed by atoms with van der Waals surface area (Å²) in [6.45, 7) is 0.764. The smallest absolute Gasteiger partial charge is 0.273 e. The number of carbonyl (C=O) groups is 1. The van der Waals surface area contributed by atoms with Gasteiger partial charge in [-0.2, -0.15) is 5.11 Å². The molecule has 1 amide bonds. The lowest BCUT2D eigenvalue weighted by molar-refractivity contribution is -0.117. The van der Waals surface area contributed by atoms with E-state index in [-0.39, 0.29) is 5.70 Å². The van der Waals surface area contributed by atoms with E-state index in [1.165, 1.54) is 24.6 Å². The van der Waals surface area contributed by atoms with Gasteiger partial charge in [0.25, 0.3) is 5.91 Å². The number of imidazole rings is 2. The van der Waals surface area contributed by atoms with Gasteiger partial charge < -0.3 is 19.4 Å². The molecule has 0 aliphatic heterocycles. The summed E-state index contributed by atoms with van der Waals surface area (Å²) in [7, 11) is 0. The molecule has 3 N–H and O–H groups in total. The second kappa shape index (κ2) is 8.02. The molecule has 1 aliphatic carbocycles. The van der Waals surface area contributed by atoms with Gasteiger partial charge in [0.05, 0.1) is 12.2 Å². The third kappa shape index (κ3) is 4.16. The van der Waals surface area contributed by atoms with E-state index in [1.807, 2.05) is 45.6 Å². The number of amides is 1. The fourth-order valence-electron chi connectivity index (χ4n) is 3.55. The maximum atomic E-state index is 12.4. The standard InChI is InChI=1S/C22H22N8O/c23-28-19(22(31)26-9-15-1-5-20-25-7-8-29(20)12-15)11-24-10-18-14-30-13-17(16-2-3-16)4-6-21(30)27-18/h1,4-8,11-14,16,23-24H,2-3,9-10H2,(H,26,31)/b19-11-,28-23?. The summed E-state index contributed by atoms with van der Waals surface area (Å²) in [5.41, 5.74) is 12.2. The first-order chi connectivity index (χ1) is 15.2. The van der Waals surface area contributed by atoms with E-state index in [2.05, 4.69) is 38.0 Å². The van der Waals surface area contributed by atoms with Crippen LogP contribution in [0.5, 0.6) is 0 Å². The summed E-state index contributed by atoms with van der Waals surface area (Å²) < 4.78 is 3.92. The molecule has 9 nitrogen and oxygen atoms in total. The van der Waals surface area contributed by atoms with Crippen LogP contribution in [-0.2, 0) is 17.9 Å². The molecular formula is C22H22N8O. The minimum absolute atomic E-state index is 0.00323. The molecule has 0 bridgehead atoms. The average molecular weight is 414 g/mol. The van der Waals surface area contributed by atoms with Crippen molar-refractivity contribution in [1.82, 2.24) is 29.4 Å². The molecule has 4 heterocycles. The number of nitrogens with one attached hydrogen (secondary N) is 3. The Kier molecular flexibility index (Phi) is 4.91. The highest BCUT2D eigenvalue weighted by molar-refractivity contribution is 5.92. The maximum Gasteiger partial charge on any atom is 0.273 e. The minimum atomic E-state index is -0.419. The molecule has 0 saturated heterocycles. The first-order valence-electron chi connectivity index (χ1n) is 10.2. The van der Waals surface area contributed by atoms with Crippen LogP contribution in [-0.4, -0.2) is 24.7 Å². The molecule has 0 atom stereocenters. The third-order valence-corrected chi connectivity index (χ3v) is 5.35. The largest absolute Gasteiger partial charge is 0.383 e. The molecule has 0 unspecified atom stereocenters. The van der Waals surface area contributed by atoms with Crippen LogP contribution in [0.4, 0.5) is 0 Å². The van der Waals surface area contributed by atoms with Crippen molar-refractivity contribution in [2.75, 3.05) is 0 Å². The van der Waals surface area contributed by atoms with Gasteiger partial charge in [-0.3, -0.25) is 4.79 Å². The van der Waals surface area contributed by atoms with Gasteiger partial charge in [-0.15, -0.1) is 0 Å². The van der Waals surface area contributed by atoms with Gasteiger partial charge in [0.2, 0.25) is 0 Å². The molecular weight excluding hydrogens is 392 g/mol. The van der Waals surface area contributed by atoms with Gasteiger partial charge in [-0.25, -0.2) is 15.5 Å². The predicted molar refractivity (Wildman–Crippen MR) is 114 cm³/mol. The van der Waals surface area contributed by atoms with Gasteiger partial charge in [0.1, 0.15) is 11.3 Å². The minimum Gasteiger partial charge on any atom is -0.383 e. The molecule has 0 aromatic carbocycles. The van der Waals surface area contributed by atoms with E-state index in [1.54, 1.807) is 6.20 Å². The van der Waals surface area contributed by atoms with Crippen molar-refractivity contribution in [1.29, 1.82) is 5.53 Å². The predicted octanol–water partition coefficient (Wildman–Crippen LogP) is 3.14. The molecule has 31 heavy (non-hydrogen) atoms. The lowest BCUT2D eigenvalue weighted by Crippen LogP contribution is -2.25. The van der Waals surface area contributed by atoms with Crippen LogP contribution in [0.2, 0.25) is 0 Å². The molecule has 4 aromatic heterocycles. The Morgan fingerprint density at radius 3 is 2.84 bits per heavy atom. The molecule has 5 rings (SSSR count). The van der Waals surface area contributed by atoms with Crippen molar-refractivity contribution < 1.29 is 4.79 Å². The Bertz CT molecular complexity index is 1300. The summed E-state index contributed by atoms with van der Waals surface area (Å²) in [5.74, 6) is 0.273. The Hall–Kier alpha value is -4.01.